The summed E-state index contributed by atoms with van der Waals surface area (Å²) in [6.07, 6.45) is 4.29. The fourth-order valence-electron chi connectivity index (χ4n) is 3.93. The molecule has 2 aromatic heterocycles. The minimum Gasteiger partial charge on any atom is -0.367 e. The number of carbonyl (C=O) groups excluding carboxylic acids is 1. The van der Waals surface area contributed by atoms with Gasteiger partial charge in [0.25, 0.3) is 5.91 Å². The van der Waals surface area contributed by atoms with Crippen molar-refractivity contribution in [2.45, 2.75) is 25.3 Å². The Hall–Kier alpha value is -3.69. The molecule has 1 aliphatic rings. The Kier molecular flexibility index (Phi) is 4.89. The highest BCUT2D eigenvalue weighted by Crippen LogP contribution is 2.22. The van der Waals surface area contributed by atoms with Crippen LogP contribution in [0.25, 0.3) is 22.1 Å². The fraction of sp³-hybridized carbons (Fsp3) is 0.286. The first kappa shape index (κ1) is 19.3. The smallest absolute Gasteiger partial charge is 0.254 e. The van der Waals surface area contributed by atoms with Gasteiger partial charge >= 0.3 is 0 Å². The maximum absolute atomic E-state index is 13.5. The van der Waals surface area contributed by atoms with Crippen molar-refractivity contribution in [3.05, 3.63) is 53.7 Å². The average Bonchev–Trinajstić information content (AvgIpc) is 3.26. The third-order valence-electron chi connectivity index (χ3n) is 5.55. The number of amides is 1. The highest BCUT2D eigenvalue weighted by Gasteiger charge is 2.27. The van der Waals surface area contributed by atoms with Gasteiger partial charge in [0.2, 0.25) is 0 Å². The van der Waals surface area contributed by atoms with Gasteiger partial charge in [0.05, 0.1) is 17.2 Å². The minimum atomic E-state index is -0.966. The Labute approximate surface area is 175 Å². The number of nitrogens with one attached hydrogen (secondary N) is 2. The van der Waals surface area contributed by atoms with Gasteiger partial charge in [0, 0.05) is 36.8 Å². The maximum Gasteiger partial charge on any atom is 0.254 e. The van der Waals surface area contributed by atoms with Crippen molar-refractivity contribution in [2.24, 2.45) is 0 Å². The quantitative estimate of drug-likeness (QED) is 0.523. The Morgan fingerprint density at radius 2 is 1.87 bits per heavy atom. The molecule has 1 fully saturated rings. The Bertz CT molecular complexity index is 1280. The second-order valence-corrected chi connectivity index (χ2v) is 7.57. The van der Waals surface area contributed by atoms with Gasteiger partial charge in [-0.25, -0.2) is 13.8 Å². The molecule has 1 saturated heterocycles. The van der Waals surface area contributed by atoms with Crippen LogP contribution in [0.2, 0.25) is 0 Å². The van der Waals surface area contributed by atoms with Crippen molar-refractivity contribution < 1.29 is 13.6 Å². The monoisotopic (exact) mass is 423 g/mol. The summed E-state index contributed by atoms with van der Waals surface area (Å²) in [6, 6.07) is 7.29. The third kappa shape index (κ3) is 3.76. The molecule has 5 rings (SSSR count). The molecule has 8 nitrogen and oxygen atoms in total. The SMILES string of the molecule is O=C(c1ccc2n[nH]nc2c1)N1CCCCC1CNc1cnc2cc(F)c(F)cc2n1. The summed E-state index contributed by atoms with van der Waals surface area (Å²) in [5.74, 6) is -1.53. The molecule has 2 aromatic carbocycles. The lowest BCUT2D eigenvalue weighted by atomic mass is 10.0. The Morgan fingerprint density at radius 3 is 2.74 bits per heavy atom. The lowest BCUT2D eigenvalue weighted by molar-refractivity contribution is 0.0628. The van der Waals surface area contributed by atoms with Crippen LogP contribution in [0.3, 0.4) is 0 Å². The van der Waals surface area contributed by atoms with Crippen LogP contribution >= 0.6 is 0 Å². The first-order valence-corrected chi connectivity index (χ1v) is 10.1. The lowest BCUT2D eigenvalue weighted by Crippen LogP contribution is -2.47. The fourth-order valence-corrected chi connectivity index (χ4v) is 3.93. The van der Waals surface area contributed by atoms with E-state index >= 15 is 0 Å². The molecule has 0 aliphatic carbocycles. The van der Waals surface area contributed by atoms with E-state index in [1.165, 1.54) is 6.20 Å². The van der Waals surface area contributed by atoms with Gasteiger partial charge in [-0.2, -0.15) is 15.4 Å². The molecule has 1 aliphatic heterocycles. The largest absolute Gasteiger partial charge is 0.367 e. The van der Waals surface area contributed by atoms with Gasteiger partial charge in [0.15, 0.2) is 11.6 Å². The summed E-state index contributed by atoms with van der Waals surface area (Å²) in [4.78, 5) is 23.5. The zero-order valence-electron chi connectivity index (χ0n) is 16.5. The van der Waals surface area contributed by atoms with Crippen LogP contribution in [0, 0.1) is 11.6 Å². The molecule has 1 atom stereocenters. The first-order valence-electron chi connectivity index (χ1n) is 10.1. The van der Waals surface area contributed by atoms with Gasteiger partial charge < -0.3 is 10.2 Å². The molecule has 158 valence electrons. The van der Waals surface area contributed by atoms with Gasteiger partial charge in [-0.3, -0.25) is 9.78 Å². The van der Waals surface area contributed by atoms with Crippen molar-refractivity contribution in [1.29, 1.82) is 0 Å². The number of halogens is 2. The number of aromatic amines is 1. The topological polar surface area (TPSA) is 99.7 Å². The van der Waals surface area contributed by atoms with Gasteiger partial charge in [-0.15, -0.1) is 0 Å². The van der Waals surface area contributed by atoms with Crippen molar-refractivity contribution in [2.75, 3.05) is 18.4 Å². The predicted octanol–water partition coefficient (Wildman–Crippen LogP) is 3.29. The molecule has 4 aromatic rings. The molecular weight excluding hydrogens is 404 g/mol. The first-order chi connectivity index (χ1) is 15.1. The van der Waals surface area contributed by atoms with Crippen LogP contribution in [0.1, 0.15) is 29.6 Å². The number of fused-ring (bicyclic) bond motifs is 2. The number of likely N-dealkylation sites (tertiary alicyclic amines) is 1. The zero-order valence-corrected chi connectivity index (χ0v) is 16.5. The molecule has 31 heavy (non-hydrogen) atoms. The second kappa shape index (κ2) is 7.86. The molecule has 3 heterocycles. The van der Waals surface area contributed by atoms with E-state index in [1.54, 1.807) is 18.2 Å². The van der Waals surface area contributed by atoms with E-state index in [0.29, 0.717) is 35.5 Å². The number of rotatable bonds is 4. The van der Waals surface area contributed by atoms with E-state index in [0.717, 1.165) is 31.4 Å². The average molecular weight is 423 g/mol. The molecule has 10 heteroatoms. The number of piperidine rings is 1. The van der Waals surface area contributed by atoms with E-state index < -0.39 is 11.6 Å². The van der Waals surface area contributed by atoms with Crippen molar-refractivity contribution in [1.82, 2.24) is 30.3 Å². The van der Waals surface area contributed by atoms with E-state index in [2.05, 4.69) is 30.7 Å². The Balaban J connectivity index is 1.33. The molecule has 1 amide bonds. The molecule has 0 bridgehead atoms. The summed E-state index contributed by atoms with van der Waals surface area (Å²) in [6.45, 7) is 1.14. The molecule has 0 radical (unpaired) electrons. The molecular formula is C21H19F2N7O. The number of aromatic nitrogens is 5. The Morgan fingerprint density at radius 1 is 1.06 bits per heavy atom. The highest BCUT2D eigenvalue weighted by atomic mass is 19.2. The maximum atomic E-state index is 13.5. The number of anilines is 1. The summed E-state index contributed by atoms with van der Waals surface area (Å²) in [7, 11) is 0. The minimum absolute atomic E-state index is 0.0308. The van der Waals surface area contributed by atoms with Crippen LogP contribution in [0.15, 0.2) is 36.5 Å². The number of carbonyl (C=O) groups is 1. The van der Waals surface area contributed by atoms with Crippen molar-refractivity contribution in [3.63, 3.8) is 0 Å². The predicted molar refractivity (Wildman–Crippen MR) is 111 cm³/mol. The van der Waals surface area contributed by atoms with Crippen molar-refractivity contribution in [3.8, 4) is 0 Å². The van der Waals surface area contributed by atoms with Crippen LogP contribution in [-0.2, 0) is 0 Å². The van der Waals surface area contributed by atoms with Gasteiger partial charge in [-0.1, -0.05) is 0 Å². The third-order valence-corrected chi connectivity index (χ3v) is 5.55. The highest BCUT2D eigenvalue weighted by molar-refractivity contribution is 5.97. The summed E-state index contributed by atoms with van der Waals surface area (Å²) < 4.78 is 26.9. The molecule has 1 unspecified atom stereocenters. The normalized spacial score (nSPS) is 16.7. The molecule has 0 spiro atoms. The number of hydrogen-bond donors (Lipinski definition) is 2. The van der Waals surface area contributed by atoms with Crippen LogP contribution < -0.4 is 5.32 Å². The van der Waals surface area contributed by atoms with E-state index in [-0.39, 0.29) is 23.0 Å². The lowest BCUT2D eigenvalue weighted by Gasteiger charge is -2.36. The number of hydrogen-bond acceptors (Lipinski definition) is 6. The van der Waals surface area contributed by atoms with Crippen LogP contribution in [0.4, 0.5) is 14.6 Å². The molecule has 0 saturated carbocycles. The van der Waals surface area contributed by atoms with Crippen LogP contribution in [0.5, 0.6) is 0 Å². The molecule has 2 N–H and O–H groups in total. The number of H-pyrrole nitrogens is 1. The summed E-state index contributed by atoms with van der Waals surface area (Å²) in [5, 5.41) is 13.8. The van der Waals surface area contributed by atoms with E-state index in [4.69, 9.17) is 0 Å². The second-order valence-electron chi connectivity index (χ2n) is 7.57. The summed E-state index contributed by atoms with van der Waals surface area (Å²) >= 11 is 0. The van der Waals surface area contributed by atoms with E-state index in [9.17, 15) is 13.6 Å². The van der Waals surface area contributed by atoms with E-state index in [1.807, 2.05) is 4.90 Å². The number of benzene rings is 2. The van der Waals surface area contributed by atoms with Crippen LogP contribution in [-0.4, -0.2) is 55.3 Å². The summed E-state index contributed by atoms with van der Waals surface area (Å²) in [5.41, 5.74) is 2.46. The van der Waals surface area contributed by atoms with Gasteiger partial charge in [-0.05, 0) is 37.5 Å². The standard InChI is InChI=1S/C21H19F2N7O/c22-14-8-17-18(9-15(14)23)26-20(11-24-17)25-10-13-3-1-2-6-30(13)21(31)12-4-5-16-19(7-12)28-29-27-16/h4-5,7-9,11,13H,1-3,6,10H2,(H,25,26)(H,27,28,29). The number of nitrogens with zero attached hydrogens (tertiary/aromatic N) is 5. The van der Waals surface area contributed by atoms with Crippen molar-refractivity contribution >= 4 is 33.8 Å². The zero-order chi connectivity index (χ0) is 21.4. The van der Waals surface area contributed by atoms with Gasteiger partial charge in [0.1, 0.15) is 16.9 Å².